The minimum absolute atomic E-state index is 0.0342. The van der Waals surface area contributed by atoms with E-state index in [4.69, 9.17) is 16.3 Å². The molecule has 0 aliphatic rings. The average Bonchev–Trinajstić information content (AvgIpc) is 2.27. The van der Waals surface area contributed by atoms with Crippen molar-refractivity contribution in [3.05, 3.63) is 23.9 Å². The van der Waals surface area contributed by atoms with Crippen LogP contribution in [0.25, 0.3) is 0 Å². The number of pyridine rings is 1. The van der Waals surface area contributed by atoms with Gasteiger partial charge >= 0.3 is 0 Å². The second-order valence-corrected chi connectivity index (χ2v) is 4.73. The number of rotatable bonds is 6. The van der Waals surface area contributed by atoms with E-state index in [1.165, 1.54) is 0 Å². The number of nitrogens with zero attached hydrogens (tertiary/aromatic N) is 1. The van der Waals surface area contributed by atoms with Crippen LogP contribution >= 0.6 is 11.6 Å². The molecule has 16 heavy (non-hydrogen) atoms. The third kappa shape index (κ3) is 4.37. The van der Waals surface area contributed by atoms with E-state index in [9.17, 15) is 0 Å². The molecule has 0 amide bonds. The molecule has 1 aromatic heterocycles. The summed E-state index contributed by atoms with van der Waals surface area (Å²) >= 11 is 5.74. The van der Waals surface area contributed by atoms with Crippen LogP contribution in [0.3, 0.4) is 0 Å². The Hall–Kier alpha value is -0.800. The normalized spacial score (nSPS) is 11.5. The van der Waals surface area contributed by atoms with Crippen LogP contribution in [0.15, 0.2) is 18.2 Å². The molecule has 0 bridgehead atoms. The van der Waals surface area contributed by atoms with E-state index in [2.05, 4.69) is 24.1 Å². The van der Waals surface area contributed by atoms with Gasteiger partial charge in [0.05, 0.1) is 12.8 Å². The first-order valence-corrected chi connectivity index (χ1v) is 5.92. The number of alkyl halides is 1. The summed E-state index contributed by atoms with van der Waals surface area (Å²) in [7, 11) is 1.62. The first-order valence-electron chi connectivity index (χ1n) is 5.38. The molecule has 4 heteroatoms. The fourth-order valence-electron chi connectivity index (χ4n) is 1.32. The molecule has 1 N–H and O–H groups in total. The Morgan fingerprint density at radius 3 is 2.81 bits per heavy atom. The second-order valence-electron chi connectivity index (χ2n) is 4.35. The number of aromatic nitrogens is 1. The molecule has 0 aromatic carbocycles. The smallest absolute Gasteiger partial charge is 0.213 e. The number of hydrogen-bond acceptors (Lipinski definition) is 3. The van der Waals surface area contributed by atoms with Crippen molar-refractivity contribution in [1.82, 2.24) is 10.3 Å². The summed E-state index contributed by atoms with van der Waals surface area (Å²) in [6.07, 6.45) is 0.929. The number of hydrogen-bond donors (Lipinski definition) is 1. The average molecular weight is 243 g/mol. The van der Waals surface area contributed by atoms with Gasteiger partial charge in [0.2, 0.25) is 5.88 Å². The molecule has 3 nitrogen and oxygen atoms in total. The van der Waals surface area contributed by atoms with Crippen molar-refractivity contribution in [1.29, 1.82) is 0 Å². The van der Waals surface area contributed by atoms with Crippen LogP contribution in [0.2, 0.25) is 0 Å². The maximum atomic E-state index is 5.74. The number of ether oxygens (including phenoxy) is 1. The molecule has 0 spiro atoms. The quantitative estimate of drug-likeness (QED) is 0.779. The van der Waals surface area contributed by atoms with E-state index in [0.717, 1.165) is 18.7 Å². The highest BCUT2D eigenvalue weighted by Crippen LogP contribution is 2.11. The zero-order valence-corrected chi connectivity index (χ0v) is 10.8. The molecule has 0 aliphatic carbocycles. The lowest BCUT2D eigenvalue weighted by Gasteiger charge is -2.25. The fraction of sp³-hybridized carbons (Fsp3) is 0.583. The Kier molecular flexibility index (Phi) is 5.03. The van der Waals surface area contributed by atoms with Gasteiger partial charge in [0.15, 0.2) is 0 Å². The molecule has 0 aliphatic heterocycles. The minimum Gasteiger partial charge on any atom is -0.481 e. The van der Waals surface area contributed by atoms with Crippen LogP contribution in [0, 0.1) is 0 Å². The van der Waals surface area contributed by atoms with Gasteiger partial charge in [-0.3, -0.25) is 0 Å². The largest absolute Gasteiger partial charge is 0.481 e. The van der Waals surface area contributed by atoms with Crippen LogP contribution in [0.5, 0.6) is 5.88 Å². The van der Waals surface area contributed by atoms with Crippen LogP contribution in [-0.2, 0) is 6.54 Å². The van der Waals surface area contributed by atoms with Crippen molar-refractivity contribution in [2.75, 3.05) is 13.0 Å². The minimum atomic E-state index is 0.0342. The molecule has 0 atom stereocenters. The molecule has 0 radical (unpaired) electrons. The molecule has 0 saturated heterocycles. The SMILES string of the molecule is COc1cccc(CNC(C)(C)CCCl)n1. The third-order valence-corrected chi connectivity index (χ3v) is 2.65. The molecule has 90 valence electrons. The van der Waals surface area contributed by atoms with Crippen molar-refractivity contribution in [2.45, 2.75) is 32.4 Å². The van der Waals surface area contributed by atoms with Crippen LogP contribution in [0.4, 0.5) is 0 Å². The van der Waals surface area contributed by atoms with Gasteiger partial charge < -0.3 is 10.1 Å². The molecule has 1 rings (SSSR count). The van der Waals surface area contributed by atoms with Crippen molar-refractivity contribution >= 4 is 11.6 Å². The lowest BCUT2D eigenvalue weighted by atomic mass is 10.0. The summed E-state index contributed by atoms with van der Waals surface area (Å²) in [6, 6.07) is 5.76. The van der Waals surface area contributed by atoms with Gasteiger partial charge in [0.25, 0.3) is 0 Å². The second kappa shape index (κ2) is 6.06. The van der Waals surface area contributed by atoms with E-state index in [1.807, 2.05) is 18.2 Å². The molecule has 0 unspecified atom stereocenters. The monoisotopic (exact) mass is 242 g/mol. The highest BCUT2D eigenvalue weighted by Gasteiger charge is 2.15. The highest BCUT2D eigenvalue weighted by molar-refractivity contribution is 6.17. The number of methoxy groups -OCH3 is 1. The van der Waals surface area contributed by atoms with Gasteiger partial charge in [-0.25, -0.2) is 4.98 Å². The van der Waals surface area contributed by atoms with E-state index in [1.54, 1.807) is 7.11 Å². The maximum Gasteiger partial charge on any atom is 0.213 e. The van der Waals surface area contributed by atoms with Crippen molar-refractivity contribution in [3.8, 4) is 5.88 Å². The number of halogens is 1. The van der Waals surface area contributed by atoms with Gasteiger partial charge in [0, 0.05) is 24.0 Å². The summed E-state index contributed by atoms with van der Waals surface area (Å²) in [4.78, 5) is 4.34. The van der Waals surface area contributed by atoms with Crippen LogP contribution < -0.4 is 10.1 Å². The Labute approximate surface area is 102 Å². The Bertz CT molecular complexity index is 329. The van der Waals surface area contributed by atoms with Crippen LogP contribution in [0.1, 0.15) is 26.0 Å². The summed E-state index contributed by atoms with van der Waals surface area (Å²) in [5.74, 6) is 1.31. The van der Waals surface area contributed by atoms with Gasteiger partial charge in [-0.15, -0.1) is 11.6 Å². The molecule has 0 saturated carbocycles. The predicted molar refractivity (Wildman–Crippen MR) is 67.0 cm³/mol. The van der Waals surface area contributed by atoms with E-state index in [0.29, 0.717) is 11.8 Å². The Morgan fingerprint density at radius 1 is 1.44 bits per heavy atom. The summed E-state index contributed by atoms with van der Waals surface area (Å²) in [5, 5.41) is 3.43. The Morgan fingerprint density at radius 2 is 2.19 bits per heavy atom. The number of nitrogens with one attached hydrogen (secondary N) is 1. The van der Waals surface area contributed by atoms with Gasteiger partial charge in [0.1, 0.15) is 0 Å². The first-order chi connectivity index (χ1) is 7.57. The van der Waals surface area contributed by atoms with Crippen molar-refractivity contribution in [3.63, 3.8) is 0 Å². The summed E-state index contributed by atoms with van der Waals surface area (Å²) < 4.78 is 5.07. The predicted octanol–water partition coefficient (Wildman–Crippen LogP) is 2.59. The third-order valence-electron chi connectivity index (χ3n) is 2.46. The standard InChI is InChI=1S/C12H19ClN2O/c1-12(2,7-8-13)14-9-10-5-4-6-11(15-10)16-3/h4-6,14H,7-9H2,1-3H3. The topological polar surface area (TPSA) is 34.1 Å². The van der Waals surface area contributed by atoms with E-state index in [-0.39, 0.29) is 5.54 Å². The summed E-state index contributed by atoms with van der Waals surface area (Å²) in [5.41, 5.74) is 1.01. The van der Waals surface area contributed by atoms with Gasteiger partial charge in [-0.1, -0.05) is 6.07 Å². The van der Waals surface area contributed by atoms with Crippen molar-refractivity contribution < 1.29 is 4.74 Å². The molecular formula is C12H19ClN2O. The molecule has 0 fully saturated rings. The van der Waals surface area contributed by atoms with Gasteiger partial charge in [-0.05, 0) is 26.3 Å². The summed E-state index contributed by atoms with van der Waals surface area (Å²) in [6.45, 7) is 4.99. The van der Waals surface area contributed by atoms with E-state index < -0.39 is 0 Å². The molecule has 1 aromatic rings. The zero-order chi connectivity index (χ0) is 12.0. The zero-order valence-electron chi connectivity index (χ0n) is 10.1. The highest BCUT2D eigenvalue weighted by atomic mass is 35.5. The lowest BCUT2D eigenvalue weighted by molar-refractivity contribution is 0.368. The molecule has 1 heterocycles. The molecular weight excluding hydrogens is 224 g/mol. The Balaban J connectivity index is 2.53. The first kappa shape index (κ1) is 13.3. The van der Waals surface area contributed by atoms with E-state index >= 15 is 0 Å². The van der Waals surface area contributed by atoms with Gasteiger partial charge in [-0.2, -0.15) is 0 Å². The maximum absolute atomic E-state index is 5.74. The lowest BCUT2D eigenvalue weighted by Crippen LogP contribution is -2.39. The fourth-order valence-corrected chi connectivity index (χ4v) is 1.80. The van der Waals surface area contributed by atoms with Crippen molar-refractivity contribution in [2.24, 2.45) is 0 Å². The van der Waals surface area contributed by atoms with Crippen LogP contribution in [-0.4, -0.2) is 23.5 Å².